The van der Waals surface area contributed by atoms with Crippen molar-refractivity contribution < 1.29 is 38.9 Å². The number of allylic oxidation sites excluding steroid dienone is 4. The van der Waals surface area contributed by atoms with Gasteiger partial charge in [-0.25, -0.2) is 12.5 Å². The van der Waals surface area contributed by atoms with Gasteiger partial charge >= 0.3 is 0 Å². The van der Waals surface area contributed by atoms with E-state index in [1.807, 2.05) is 0 Å². The summed E-state index contributed by atoms with van der Waals surface area (Å²) in [6, 6.07) is 0. The van der Waals surface area contributed by atoms with E-state index >= 15 is 0 Å². The van der Waals surface area contributed by atoms with Crippen LogP contribution in [0.2, 0.25) is 0 Å². The summed E-state index contributed by atoms with van der Waals surface area (Å²) in [5.41, 5.74) is 0.350. The molecule has 0 saturated heterocycles. The van der Waals surface area contributed by atoms with Crippen molar-refractivity contribution in [1.29, 1.82) is 0 Å². The van der Waals surface area contributed by atoms with Gasteiger partial charge in [-0.15, -0.1) is 6.92 Å². The molecule has 0 aromatic heterocycles. The molecule has 0 aromatic rings. The van der Waals surface area contributed by atoms with E-state index in [9.17, 15) is 4.79 Å². The predicted molar refractivity (Wildman–Crippen MR) is 42.9 cm³/mol. The monoisotopic (exact) mass is 225 g/mol. The Balaban J connectivity index is 0. The van der Waals surface area contributed by atoms with Crippen LogP contribution in [0.1, 0.15) is 8.29 Å². The molecular formula is C9H11OY-3. The first-order valence-electron chi connectivity index (χ1n) is 3.41. The maximum Gasteiger partial charge on any atom is 0 e. The van der Waals surface area contributed by atoms with Gasteiger partial charge in [-0.05, 0) is 0 Å². The number of hydrogen-bond acceptors (Lipinski definition) is 1. The third-order valence-electron chi connectivity index (χ3n) is 0.918. The summed E-state index contributed by atoms with van der Waals surface area (Å²) in [7, 11) is 0. The van der Waals surface area contributed by atoms with Gasteiger partial charge in [-0.1, -0.05) is 7.15 Å². The average Bonchev–Trinajstić information content (AvgIpc) is 1.86. The standard InChI is InChI=1S/C9H11O.Y/c1-4-5-6-7-8(2)9(3)10;/h4-7H,2-3H2,1H3;/q-3;/i4D;. The van der Waals surface area contributed by atoms with Crippen LogP contribution in [0.5, 0.6) is 0 Å². The molecule has 0 unspecified atom stereocenters. The van der Waals surface area contributed by atoms with Crippen molar-refractivity contribution in [3.63, 3.8) is 0 Å². The molecule has 0 saturated carbocycles. The van der Waals surface area contributed by atoms with Crippen LogP contribution in [-0.2, 0) is 37.5 Å². The van der Waals surface area contributed by atoms with Crippen LogP contribution in [0.4, 0.5) is 0 Å². The van der Waals surface area contributed by atoms with Crippen LogP contribution >= 0.6 is 0 Å². The van der Waals surface area contributed by atoms with E-state index in [1.165, 1.54) is 6.08 Å². The van der Waals surface area contributed by atoms with Gasteiger partial charge in [0, 0.05) is 32.7 Å². The molecule has 1 nitrogen and oxygen atoms in total. The van der Waals surface area contributed by atoms with E-state index in [2.05, 4.69) is 13.8 Å². The molecule has 0 amide bonds. The number of carbonyl (C=O) groups is 1. The Labute approximate surface area is 95.2 Å². The molecule has 59 valence electrons. The predicted octanol–water partition coefficient (Wildman–Crippen LogP) is 1.93. The second-order valence-corrected chi connectivity index (χ2v) is 1.76. The molecule has 0 rings (SSSR count). The Morgan fingerprint density at radius 2 is 2.18 bits per heavy atom. The van der Waals surface area contributed by atoms with Crippen LogP contribution in [-0.4, -0.2) is 5.78 Å². The van der Waals surface area contributed by atoms with Gasteiger partial charge in [-0.2, -0.15) is 0 Å². The van der Waals surface area contributed by atoms with Crippen LogP contribution in [0.15, 0.2) is 23.8 Å². The van der Waals surface area contributed by atoms with Crippen LogP contribution in [0, 0.1) is 20.2 Å². The van der Waals surface area contributed by atoms with Crippen LogP contribution < -0.4 is 0 Å². The Hall–Kier alpha value is -0.136. The molecule has 0 aliphatic carbocycles. The Bertz CT molecular complexity index is 195. The van der Waals surface area contributed by atoms with E-state index in [0.717, 1.165) is 0 Å². The van der Waals surface area contributed by atoms with Gasteiger partial charge in [0.15, 0.2) is 0 Å². The quantitative estimate of drug-likeness (QED) is 0.407. The summed E-state index contributed by atoms with van der Waals surface area (Å²) in [5.74, 6) is -0.294. The van der Waals surface area contributed by atoms with Crippen molar-refractivity contribution in [3.8, 4) is 0 Å². The van der Waals surface area contributed by atoms with E-state index in [1.54, 1.807) is 19.1 Å². The van der Waals surface area contributed by atoms with Crippen LogP contribution in [0.3, 0.4) is 0 Å². The minimum atomic E-state index is -0.294. The van der Waals surface area contributed by atoms with E-state index in [0.29, 0.717) is 12.0 Å². The summed E-state index contributed by atoms with van der Waals surface area (Å²) >= 11 is 0. The molecule has 0 heterocycles. The van der Waals surface area contributed by atoms with E-state index in [4.69, 9.17) is 1.37 Å². The summed E-state index contributed by atoms with van der Waals surface area (Å²) in [5, 5.41) is 0. The Morgan fingerprint density at radius 1 is 1.64 bits per heavy atom. The zero-order valence-corrected chi connectivity index (χ0v) is 9.47. The molecule has 0 bridgehead atoms. The molecular weight excluding hydrogens is 213 g/mol. The van der Waals surface area contributed by atoms with Crippen molar-refractivity contribution in [3.05, 3.63) is 44.0 Å². The van der Waals surface area contributed by atoms with E-state index < -0.39 is 0 Å². The maximum absolute atomic E-state index is 10.5. The summed E-state index contributed by atoms with van der Waals surface area (Å²) in [4.78, 5) is 10.5. The summed E-state index contributed by atoms with van der Waals surface area (Å²) in [6.07, 6.45) is 5.15. The van der Waals surface area contributed by atoms with Gasteiger partial charge in [0.05, 0.1) is 0 Å². The molecule has 0 aliphatic rings. The Kier molecular flexibility index (Phi) is 7.87. The third kappa shape index (κ3) is 7.76. The minimum Gasteiger partial charge on any atom is -0.407 e. The summed E-state index contributed by atoms with van der Waals surface area (Å²) in [6.45, 7) is 8.29. The smallest absolute Gasteiger partial charge is 0 e. The molecule has 0 atom stereocenters. The molecule has 0 aromatic carbocycles. The number of ketones is 1. The first-order valence-corrected chi connectivity index (χ1v) is 2.91. The Morgan fingerprint density at radius 3 is 2.55 bits per heavy atom. The topological polar surface area (TPSA) is 17.1 Å². The average molecular weight is 225 g/mol. The number of carbonyl (C=O) groups excluding carboxylic acids is 1. The van der Waals surface area contributed by atoms with Crippen LogP contribution in [0.25, 0.3) is 0 Å². The molecule has 0 aliphatic heterocycles. The molecule has 0 N–H and O–H groups in total. The fraction of sp³-hybridized carbons (Fsp3) is 0.111. The fourth-order valence-corrected chi connectivity index (χ4v) is 0.353. The molecule has 0 fully saturated rings. The number of Topliss-reactive ketones (excluding diaryl/α,β-unsaturated/α-hetero) is 1. The first-order chi connectivity index (χ1) is 5.04. The zero-order chi connectivity index (χ0) is 8.85. The molecule has 0 spiro atoms. The minimum absolute atomic E-state index is 0. The largest absolute Gasteiger partial charge is 0.407 e. The maximum atomic E-state index is 10.5. The van der Waals surface area contributed by atoms with Crippen molar-refractivity contribution >= 4 is 5.78 Å². The molecule has 1 radical (unpaired) electrons. The van der Waals surface area contributed by atoms with Crippen molar-refractivity contribution in [1.82, 2.24) is 0 Å². The van der Waals surface area contributed by atoms with Gasteiger partial charge < -0.3 is 16.4 Å². The fourth-order valence-electron chi connectivity index (χ4n) is 0.353. The van der Waals surface area contributed by atoms with Gasteiger partial charge in [0.2, 0.25) is 0 Å². The third-order valence-corrected chi connectivity index (χ3v) is 0.918. The molecule has 11 heavy (non-hydrogen) atoms. The van der Waals surface area contributed by atoms with Gasteiger partial charge in [0.25, 0.3) is 0 Å². The molecule has 2 heteroatoms. The van der Waals surface area contributed by atoms with Crippen molar-refractivity contribution in [2.75, 3.05) is 0 Å². The second-order valence-electron chi connectivity index (χ2n) is 1.76. The zero-order valence-electron chi connectivity index (χ0n) is 7.63. The van der Waals surface area contributed by atoms with Crippen molar-refractivity contribution in [2.45, 2.75) is 6.92 Å². The summed E-state index contributed by atoms with van der Waals surface area (Å²) < 4.78 is 7.01. The number of hydrogen-bond donors (Lipinski definition) is 0. The SMILES string of the molecule is [2H][C-](C)C=CC=C([CH2-])C([CH2-])=O.[Y]. The van der Waals surface area contributed by atoms with Crippen molar-refractivity contribution in [2.24, 2.45) is 0 Å². The van der Waals surface area contributed by atoms with Gasteiger partial charge in [0.1, 0.15) is 0 Å². The number of rotatable bonds is 3. The second kappa shape index (κ2) is 7.97. The van der Waals surface area contributed by atoms with E-state index in [-0.39, 0.29) is 38.5 Å². The van der Waals surface area contributed by atoms with Gasteiger partial charge in [-0.3, -0.25) is 19.9 Å². The first kappa shape index (κ1) is 10.9. The normalized spacial score (nSPS) is 12.1.